The molecule has 0 N–H and O–H groups in total. The highest BCUT2D eigenvalue weighted by atomic mass is 16.3. The Balaban J connectivity index is 1.03. The maximum atomic E-state index is 9.23. The Kier molecular flexibility index (Phi) is 8.16. The molecule has 5 heteroatoms. The topological polar surface area (TPSA) is 39.8 Å². The molecule has 12 aromatic rings. The number of fused-ring (bicyclic) bond motifs is 5. The van der Waals surface area contributed by atoms with Gasteiger partial charge in [0.2, 0.25) is 0 Å². The molecule has 66 heavy (non-hydrogen) atoms. The molecule has 0 aliphatic heterocycles. The Labute approximate surface area is 391 Å². The summed E-state index contributed by atoms with van der Waals surface area (Å²) >= 11 is 0. The predicted molar refractivity (Wildman–Crippen MR) is 270 cm³/mol. The van der Waals surface area contributed by atoms with Gasteiger partial charge in [0.05, 0.1) is 52.8 Å². The minimum absolute atomic E-state index is 0.122. The van der Waals surface area contributed by atoms with Crippen molar-refractivity contribution < 1.29 is 15.8 Å². The van der Waals surface area contributed by atoms with Crippen LogP contribution in [0.4, 0.5) is 0 Å². The summed E-state index contributed by atoms with van der Waals surface area (Å²) in [5.74, 6) is 0.822. The van der Waals surface area contributed by atoms with E-state index in [1.807, 2.05) is 59.2 Å². The second-order valence-corrected chi connectivity index (χ2v) is 17.9. The van der Waals surface area contributed by atoms with E-state index in [4.69, 9.17) is 13.5 Å². The van der Waals surface area contributed by atoms with Gasteiger partial charge < -0.3 is 4.42 Å². The number of benzene rings is 8. The van der Waals surface area contributed by atoms with Gasteiger partial charge in [-0.2, -0.15) is 0 Å². The van der Waals surface area contributed by atoms with Crippen LogP contribution in [0.3, 0.4) is 0 Å². The van der Waals surface area contributed by atoms with Gasteiger partial charge in [0.25, 0.3) is 6.33 Å². The average Bonchev–Trinajstić information content (AvgIpc) is 4.11. The van der Waals surface area contributed by atoms with E-state index in [2.05, 4.69) is 151 Å². The predicted octanol–water partition coefficient (Wildman–Crippen LogP) is 14.8. The summed E-state index contributed by atoms with van der Waals surface area (Å²) in [6.07, 6.45) is 7.88. The van der Waals surface area contributed by atoms with Crippen molar-refractivity contribution in [2.24, 2.45) is 0 Å². The SMILES string of the molecule is [2H]c1c([2H])c([2H])c(-c2cccc(-c3cc(-c4ccccc4)cc(C(C)(C)C)c3)c2-[n+]2[c-]n(-c3cccc(Cc4ccc5c6ccccc6n(-c6cc7ccoc7cn6)c5c4)c3)c3ccccc32)c([2H])c1[2H]. The van der Waals surface area contributed by atoms with Gasteiger partial charge in [0.1, 0.15) is 5.82 Å². The first-order valence-electron chi connectivity index (χ1n) is 24.7. The molecule has 0 radical (unpaired) electrons. The molecule has 0 aliphatic carbocycles. The number of hydrogen-bond donors (Lipinski definition) is 0. The van der Waals surface area contributed by atoms with E-state index < -0.39 is 6.04 Å². The van der Waals surface area contributed by atoms with Gasteiger partial charge >= 0.3 is 0 Å². The Bertz CT molecular complexity index is 4060. The van der Waals surface area contributed by atoms with Gasteiger partial charge in [-0.25, -0.2) is 4.98 Å². The second kappa shape index (κ2) is 15.8. The zero-order valence-electron chi connectivity index (χ0n) is 41.7. The summed E-state index contributed by atoms with van der Waals surface area (Å²) < 4.78 is 56.4. The van der Waals surface area contributed by atoms with Crippen LogP contribution in [0.5, 0.6) is 0 Å². The number of nitrogens with zero attached hydrogens (tertiary/aromatic N) is 4. The first kappa shape index (κ1) is 34.2. The number of para-hydroxylation sites is 4. The molecular weight excluding hydrogens is 805 g/mol. The van der Waals surface area contributed by atoms with Crippen molar-refractivity contribution in [1.82, 2.24) is 14.1 Å². The molecule has 0 spiro atoms. The Hall–Kier alpha value is -8.28. The summed E-state index contributed by atoms with van der Waals surface area (Å²) in [6.45, 7) is 6.61. The first-order chi connectivity index (χ1) is 34.4. The molecule has 0 aliphatic rings. The molecule has 0 atom stereocenters. The van der Waals surface area contributed by atoms with E-state index in [-0.39, 0.29) is 35.1 Å². The van der Waals surface area contributed by atoms with Crippen LogP contribution in [0, 0.1) is 6.33 Å². The van der Waals surface area contributed by atoms with E-state index in [0.717, 1.165) is 94.3 Å². The largest absolute Gasteiger partial charge is 0.463 e. The fourth-order valence-electron chi connectivity index (χ4n) is 9.43. The monoisotopic (exact) mass is 855 g/mol. The standard InChI is InChI=1S/C61H46N4O/c1-61(2,3)48-36-46(43-17-6-4-7-18-43)35-47(37-48)51-24-15-23-50(44-19-8-5-9-20-44)60(51)64-40-63(55-26-12-13-27-56(55)64)49-21-14-16-41(33-49)32-42-28-29-53-52-22-10-11-25-54(52)65(57(53)34-42)59-38-45-30-31-66-58(45)39-62-59/h4-31,33-39H,32H2,1-3H3/i5D,8D,9D,19D,20D. The second-order valence-electron chi connectivity index (χ2n) is 17.9. The molecule has 0 amide bonds. The molecule has 0 saturated carbocycles. The van der Waals surface area contributed by atoms with E-state index >= 15 is 0 Å². The van der Waals surface area contributed by atoms with Crippen LogP contribution in [0.1, 0.15) is 44.3 Å². The maximum absolute atomic E-state index is 9.23. The van der Waals surface area contributed by atoms with Crippen LogP contribution >= 0.6 is 0 Å². The van der Waals surface area contributed by atoms with E-state index in [9.17, 15) is 2.74 Å². The molecule has 4 aromatic heterocycles. The molecule has 0 fully saturated rings. The first-order valence-corrected chi connectivity index (χ1v) is 22.2. The smallest absolute Gasteiger partial charge is 0.269 e. The molecule has 0 saturated heterocycles. The molecular formula is C61H46N4O. The summed E-state index contributed by atoms with van der Waals surface area (Å²) in [7, 11) is 0. The van der Waals surface area contributed by atoms with Gasteiger partial charge in [0, 0.05) is 16.2 Å². The minimum Gasteiger partial charge on any atom is -0.463 e. The fraction of sp³-hybridized carbons (Fsp3) is 0.0820. The highest BCUT2D eigenvalue weighted by molar-refractivity contribution is 6.09. The minimum atomic E-state index is -0.436. The molecule has 8 aromatic carbocycles. The Morgan fingerprint density at radius 3 is 2.18 bits per heavy atom. The van der Waals surface area contributed by atoms with Crippen LogP contribution in [-0.2, 0) is 11.8 Å². The highest BCUT2D eigenvalue weighted by Gasteiger charge is 2.23. The van der Waals surface area contributed by atoms with Gasteiger partial charge in [0.15, 0.2) is 5.58 Å². The van der Waals surface area contributed by atoms with E-state index in [1.165, 1.54) is 0 Å². The number of aromatic nitrogens is 4. The van der Waals surface area contributed by atoms with Gasteiger partial charge in [-0.3, -0.25) is 13.7 Å². The van der Waals surface area contributed by atoms with Crippen LogP contribution in [0.2, 0.25) is 0 Å². The summed E-state index contributed by atoms with van der Waals surface area (Å²) in [5.41, 5.74) is 13.8. The number of furan rings is 1. The Morgan fingerprint density at radius 2 is 1.33 bits per heavy atom. The molecule has 0 unspecified atom stereocenters. The fourth-order valence-corrected chi connectivity index (χ4v) is 9.43. The molecule has 5 nitrogen and oxygen atoms in total. The number of rotatable bonds is 8. The van der Waals surface area contributed by atoms with E-state index in [0.29, 0.717) is 17.7 Å². The summed E-state index contributed by atoms with van der Waals surface area (Å²) in [6, 6.07) is 56.8. The number of hydrogen-bond acceptors (Lipinski definition) is 2. The zero-order chi connectivity index (χ0) is 48.7. The van der Waals surface area contributed by atoms with Crippen LogP contribution < -0.4 is 4.57 Å². The maximum Gasteiger partial charge on any atom is 0.269 e. The highest BCUT2D eigenvalue weighted by Crippen LogP contribution is 2.39. The van der Waals surface area contributed by atoms with Crippen LogP contribution in [-0.4, -0.2) is 14.1 Å². The third kappa shape index (κ3) is 6.88. The summed E-state index contributed by atoms with van der Waals surface area (Å²) in [5, 5.41) is 3.29. The zero-order valence-corrected chi connectivity index (χ0v) is 36.7. The van der Waals surface area contributed by atoms with Crippen LogP contribution in [0.25, 0.3) is 94.4 Å². The third-order valence-electron chi connectivity index (χ3n) is 12.7. The lowest BCUT2D eigenvalue weighted by molar-refractivity contribution is -0.571. The molecule has 316 valence electrons. The van der Waals surface area contributed by atoms with Crippen molar-refractivity contribution in [2.45, 2.75) is 32.6 Å². The number of pyridine rings is 1. The van der Waals surface area contributed by atoms with Gasteiger partial charge in [-0.05, 0) is 104 Å². The molecule has 12 rings (SSSR count). The van der Waals surface area contributed by atoms with Crippen molar-refractivity contribution >= 4 is 43.8 Å². The van der Waals surface area contributed by atoms with E-state index in [1.54, 1.807) is 12.5 Å². The van der Waals surface area contributed by atoms with Crippen LogP contribution in [0.15, 0.2) is 217 Å². The van der Waals surface area contributed by atoms with Gasteiger partial charge in [-0.1, -0.05) is 178 Å². The van der Waals surface area contributed by atoms with Crippen molar-refractivity contribution in [1.29, 1.82) is 0 Å². The lowest BCUT2D eigenvalue weighted by Gasteiger charge is -2.23. The van der Waals surface area contributed by atoms with Crippen molar-refractivity contribution in [3.05, 3.63) is 236 Å². The summed E-state index contributed by atoms with van der Waals surface area (Å²) in [4.78, 5) is 4.84. The molecule has 4 heterocycles. The Morgan fingerprint density at radius 1 is 0.606 bits per heavy atom. The normalized spacial score (nSPS) is 13.0. The van der Waals surface area contributed by atoms with Crippen molar-refractivity contribution in [3.8, 4) is 50.6 Å². The molecule has 0 bridgehead atoms. The third-order valence-corrected chi connectivity index (χ3v) is 12.7. The van der Waals surface area contributed by atoms with Crippen molar-refractivity contribution in [3.63, 3.8) is 0 Å². The van der Waals surface area contributed by atoms with Crippen molar-refractivity contribution in [2.75, 3.05) is 0 Å². The quantitative estimate of drug-likeness (QED) is 0.113. The average molecular weight is 856 g/mol. The lowest BCUT2D eigenvalue weighted by Crippen LogP contribution is -2.31. The number of imidazole rings is 1. The van der Waals surface area contributed by atoms with Gasteiger partial charge in [-0.15, -0.1) is 0 Å². The lowest BCUT2D eigenvalue weighted by atomic mass is 9.82.